The van der Waals surface area contributed by atoms with Crippen LogP contribution in [0.3, 0.4) is 0 Å². The number of hydrogen-bond acceptors (Lipinski definition) is 1. The predicted octanol–water partition coefficient (Wildman–Crippen LogP) is 3.71. The second kappa shape index (κ2) is 5.30. The summed E-state index contributed by atoms with van der Waals surface area (Å²) in [7, 11) is 0. The third kappa shape index (κ3) is 2.42. The Morgan fingerprint density at radius 3 is 2.89 bits per heavy atom. The molecule has 1 N–H and O–H groups in total. The van der Waals surface area contributed by atoms with E-state index in [1.54, 1.807) is 0 Å². The van der Waals surface area contributed by atoms with Gasteiger partial charge in [0.25, 0.3) is 0 Å². The van der Waals surface area contributed by atoms with Gasteiger partial charge in [-0.15, -0.1) is 0 Å². The van der Waals surface area contributed by atoms with Gasteiger partial charge in [-0.25, -0.2) is 0 Å². The molecule has 2 heterocycles. The van der Waals surface area contributed by atoms with Crippen molar-refractivity contribution in [2.75, 3.05) is 13.1 Å². The fourth-order valence-electron chi connectivity index (χ4n) is 2.72. The van der Waals surface area contributed by atoms with Crippen molar-refractivity contribution in [3.63, 3.8) is 0 Å². The van der Waals surface area contributed by atoms with Gasteiger partial charge in [-0.1, -0.05) is 18.2 Å². The summed E-state index contributed by atoms with van der Waals surface area (Å²) in [6.45, 7) is 2.45. The predicted molar refractivity (Wildman–Crippen MR) is 76.6 cm³/mol. The van der Waals surface area contributed by atoms with Crippen LogP contribution in [0.2, 0.25) is 0 Å². The largest absolute Gasteiger partial charge is 0.378 e. The van der Waals surface area contributed by atoms with Gasteiger partial charge in [0, 0.05) is 30.2 Å². The van der Waals surface area contributed by atoms with Crippen LogP contribution < -0.4 is 0 Å². The van der Waals surface area contributed by atoms with Crippen LogP contribution in [0, 0.1) is 0 Å². The molecule has 1 aromatic heterocycles. The smallest absolute Gasteiger partial charge is 0.0456 e. The lowest BCUT2D eigenvalue weighted by Crippen LogP contribution is -2.24. The van der Waals surface area contributed by atoms with Gasteiger partial charge in [-0.2, -0.15) is 0 Å². The first-order valence-electron chi connectivity index (χ1n) is 6.89. The summed E-state index contributed by atoms with van der Waals surface area (Å²) < 4.78 is 0. The number of likely N-dealkylation sites (tertiary alicyclic amines) is 1. The van der Waals surface area contributed by atoms with Crippen molar-refractivity contribution in [3.05, 3.63) is 48.3 Å². The summed E-state index contributed by atoms with van der Waals surface area (Å²) in [6.07, 6.45) is 11.7. The monoisotopic (exact) mass is 240 g/mol. The molecule has 1 aromatic carbocycles. The van der Waals surface area contributed by atoms with Crippen LogP contribution in [-0.2, 0) is 6.42 Å². The van der Waals surface area contributed by atoms with Crippen LogP contribution >= 0.6 is 0 Å². The van der Waals surface area contributed by atoms with Crippen molar-refractivity contribution in [2.45, 2.75) is 25.7 Å². The molecule has 0 saturated carbocycles. The number of hydrogen-bond donors (Lipinski definition) is 1. The molecule has 3 rings (SSSR count). The second-order valence-electron chi connectivity index (χ2n) is 5.04. The molecule has 2 nitrogen and oxygen atoms in total. The molecule has 18 heavy (non-hydrogen) atoms. The third-order valence-corrected chi connectivity index (χ3v) is 3.73. The number of nitrogens with one attached hydrogen (secondary N) is 1. The Morgan fingerprint density at radius 1 is 1.11 bits per heavy atom. The molecule has 0 radical (unpaired) electrons. The van der Waals surface area contributed by atoms with Crippen LogP contribution in [0.4, 0.5) is 0 Å². The number of allylic oxidation sites excluding steroid dienone is 1. The lowest BCUT2D eigenvalue weighted by molar-refractivity contribution is 0.309. The highest BCUT2D eigenvalue weighted by atomic mass is 15.1. The van der Waals surface area contributed by atoms with E-state index in [-0.39, 0.29) is 0 Å². The van der Waals surface area contributed by atoms with E-state index in [1.165, 1.54) is 48.8 Å². The molecular formula is C16H20N2. The minimum atomic E-state index is 1.02. The quantitative estimate of drug-likeness (QED) is 0.866. The molecule has 2 heteroatoms. The highest BCUT2D eigenvalue weighted by Gasteiger charge is 2.05. The molecule has 0 unspecified atom stereocenters. The number of benzene rings is 1. The molecule has 1 saturated heterocycles. The first-order chi connectivity index (χ1) is 8.93. The fourth-order valence-corrected chi connectivity index (χ4v) is 2.72. The van der Waals surface area contributed by atoms with Crippen LogP contribution in [0.25, 0.3) is 10.9 Å². The number of piperidine rings is 1. The number of aromatic amines is 1. The average Bonchev–Trinajstić information content (AvgIpc) is 2.89. The van der Waals surface area contributed by atoms with Crippen LogP contribution in [-0.4, -0.2) is 23.0 Å². The van der Waals surface area contributed by atoms with Crippen molar-refractivity contribution < 1.29 is 0 Å². The zero-order chi connectivity index (χ0) is 12.2. The normalized spacial score (nSPS) is 16.8. The summed E-state index contributed by atoms with van der Waals surface area (Å²) in [5.41, 5.74) is 2.64. The van der Waals surface area contributed by atoms with Crippen molar-refractivity contribution in [3.8, 4) is 0 Å². The third-order valence-electron chi connectivity index (χ3n) is 3.73. The number of H-pyrrole nitrogens is 1. The molecule has 1 aliphatic heterocycles. The highest BCUT2D eigenvalue weighted by Crippen LogP contribution is 2.18. The summed E-state index contributed by atoms with van der Waals surface area (Å²) >= 11 is 0. The first-order valence-corrected chi connectivity index (χ1v) is 6.89. The van der Waals surface area contributed by atoms with E-state index >= 15 is 0 Å². The van der Waals surface area contributed by atoms with Crippen LogP contribution in [0.15, 0.2) is 42.7 Å². The Kier molecular flexibility index (Phi) is 3.35. The topological polar surface area (TPSA) is 19.0 Å². The minimum absolute atomic E-state index is 1.02. The summed E-state index contributed by atoms with van der Waals surface area (Å²) in [5.74, 6) is 0. The Hall–Kier alpha value is -1.70. The molecule has 94 valence electrons. The first kappa shape index (κ1) is 11.4. The SMILES string of the molecule is C(=CN1CCCCC1)Cc1cccc2[nH]ccc12. The van der Waals surface area contributed by atoms with Crippen LogP contribution in [0.1, 0.15) is 24.8 Å². The van der Waals surface area contributed by atoms with Gasteiger partial charge in [0.05, 0.1) is 0 Å². The summed E-state index contributed by atoms with van der Waals surface area (Å²) in [4.78, 5) is 5.71. The van der Waals surface area contributed by atoms with E-state index in [0.717, 1.165) is 6.42 Å². The van der Waals surface area contributed by atoms with E-state index in [1.807, 2.05) is 6.20 Å². The molecule has 0 amide bonds. The van der Waals surface area contributed by atoms with Crippen molar-refractivity contribution in [1.82, 2.24) is 9.88 Å². The van der Waals surface area contributed by atoms with E-state index in [2.05, 4.69) is 46.4 Å². The Labute approximate surface area is 108 Å². The molecule has 0 bridgehead atoms. The number of aromatic nitrogens is 1. The Balaban J connectivity index is 1.68. The van der Waals surface area contributed by atoms with Crippen molar-refractivity contribution in [2.24, 2.45) is 0 Å². The van der Waals surface area contributed by atoms with E-state index < -0.39 is 0 Å². The van der Waals surface area contributed by atoms with Gasteiger partial charge < -0.3 is 9.88 Å². The van der Waals surface area contributed by atoms with Gasteiger partial charge in [0.1, 0.15) is 0 Å². The Morgan fingerprint density at radius 2 is 2.00 bits per heavy atom. The van der Waals surface area contributed by atoms with Crippen molar-refractivity contribution in [1.29, 1.82) is 0 Å². The number of nitrogens with zero attached hydrogens (tertiary/aromatic N) is 1. The Bertz CT molecular complexity index is 533. The lowest BCUT2D eigenvalue weighted by atomic mass is 10.1. The molecular weight excluding hydrogens is 220 g/mol. The molecule has 2 aromatic rings. The van der Waals surface area contributed by atoms with Gasteiger partial charge in [-0.3, -0.25) is 0 Å². The van der Waals surface area contributed by atoms with E-state index in [9.17, 15) is 0 Å². The molecule has 0 spiro atoms. The molecule has 0 aliphatic carbocycles. The summed E-state index contributed by atoms with van der Waals surface area (Å²) in [5, 5.41) is 1.35. The maximum Gasteiger partial charge on any atom is 0.0456 e. The maximum absolute atomic E-state index is 3.27. The van der Waals surface area contributed by atoms with Crippen LogP contribution in [0.5, 0.6) is 0 Å². The minimum Gasteiger partial charge on any atom is -0.378 e. The van der Waals surface area contributed by atoms with Gasteiger partial charge in [0.2, 0.25) is 0 Å². The standard InChI is InChI=1S/C16H20N2/c1-2-11-18(12-3-1)13-5-7-14-6-4-8-16-15(14)9-10-17-16/h4-6,8-10,13,17H,1-3,7,11-12H2. The van der Waals surface area contributed by atoms with E-state index in [4.69, 9.17) is 0 Å². The zero-order valence-electron chi connectivity index (χ0n) is 10.7. The van der Waals surface area contributed by atoms with Gasteiger partial charge >= 0.3 is 0 Å². The van der Waals surface area contributed by atoms with E-state index in [0.29, 0.717) is 0 Å². The van der Waals surface area contributed by atoms with Gasteiger partial charge in [0.15, 0.2) is 0 Å². The second-order valence-corrected chi connectivity index (χ2v) is 5.04. The molecule has 0 atom stereocenters. The lowest BCUT2D eigenvalue weighted by Gasteiger charge is -2.24. The average molecular weight is 240 g/mol. The molecule has 1 fully saturated rings. The molecule has 1 aliphatic rings. The van der Waals surface area contributed by atoms with Crippen molar-refractivity contribution >= 4 is 10.9 Å². The number of rotatable bonds is 3. The fraction of sp³-hybridized carbons (Fsp3) is 0.375. The number of fused-ring (bicyclic) bond motifs is 1. The van der Waals surface area contributed by atoms with Gasteiger partial charge in [-0.05, 0) is 49.6 Å². The summed E-state index contributed by atoms with van der Waals surface area (Å²) in [6, 6.07) is 8.65. The highest BCUT2D eigenvalue weighted by molar-refractivity contribution is 5.83. The zero-order valence-corrected chi connectivity index (χ0v) is 10.7. The maximum atomic E-state index is 3.27.